The normalized spacial score (nSPS) is 19.9. The number of pyridine rings is 1. The number of hydrogen-bond donors (Lipinski definition) is 2. The van der Waals surface area contributed by atoms with Crippen LogP contribution in [0.4, 0.5) is 5.69 Å². The molecule has 0 aliphatic carbocycles. The minimum absolute atomic E-state index is 0.0924. The number of carbonyl (C=O) groups is 1. The summed E-state index contributed by atoms with van der Waals surface area (Å²) in [5, 5.41) is 6.25. The Labute approximate surface area is 102 Å². The summed E-state index contributed by atoms with van der Waals surface area (Å²) in [6, 6.07) is 3.73. The maximum atomic E-state index is 11.9. The monoisotopic (exact) mass is 233 g/mol. The van der Waals surface area contributed by atoms with Gasteiger partial charge < -0.3 is 10.6 Å². The summed E-state index contributed by atoms with van der Waals surface area (Å²) >= 11 is 0. The summed E-state index contributed by atoms with van der Waals surface area (Å²) < 4.78 is 0. The molecule has 0 spiro atoms. The van der Waals surface area contributed by atoms with E-state index in [4.69, 9.17) is 0 Å². The molecule has 0 radical (unpaired) electrons. The highest BCUT2D eigenvalue weighted by atomic mass is 16.1. The molecule has 1 amide bonds. The van der Waals surface area contributed by atoms with E-state index < -0.39 is 0 Å². The van der Waals surface area contributed by atoms with Gasteiger partial charge in [-0.1, -0.05) is 0 Å². The lowest BCUT2D eigenvalue weighted by Gasteiger charge is -2.22. The van der Waals surface area contributed by atoms with Crippen LogP contribution in [0.3, 0.4) is 0 Å². The van der Waals surface area contributed by atoms with E-state index in [1.165, 1.54) is 6.42 Å². The highest BCUT2D eigenvalue weighted by Gasteiger charge is 2.17. The first kappa shape index (κ1) is 12.0. The van der Waals surface area contributed by atoms with Crippen molar-refractivity contribution in [1.82, 2.24) is 10.3 Å². The van der Waals surface area contributed by atoms with Gasteiger partial charge in [0.15, 0.2) is 0 Å². The number of amides is 1. The van der Waals surface area contributed by atoms with Crippen molar-refractivity contribution in [3.63, 3.8) is 0 Å². The fourth-order valence-electron chi connectivity index (χ4n) is 2.18. The van der Waals surface area contributed by atoms with Crippen LogP contribution in [0.2, 0.25) is 0 Å². The lowest BCUT2D eigenvalue weighted by atomic mass is 9.96. The first-order chi connectivity index (χ1) is 8.25. The second kappa shape index (κ2) is 5.77. The van der Waals surface area contributed by atoms with Crippen LogP contribution >= 0.6 is 0 Å². The first-order valence-electron chi connectivity index (χ1n) is 6.18. The lowest BCUT2D eigenvalue weighted by Crippen LogP contribution is -2.32. The van der Waals surface area contributed by atoms with Crippen LogP contribution in [0.1, 0.15) is 25.0 Å². The van der Waals surface area contributed by atoms with E-state index in [-0.39, 0.29) is 5.91 Å². The number of anilines is 1. The zero-order valence-corrected chi connectivity index (χ0v) is 10.2. The van der Waals surface area contributed by atoms with Gasteiger partial charge in [-0.15, -0.1) is 0 Å². The Hall–Kier alpha value is -1.42. The molecule has 1 unspecified atom stereocenters. The van der Waals surface area contributed by atoms with Crippen LogP contribution in [0.5, 0.6) is 0 Å². The number of piperidine rings is 1. The minimum atomic E-state index is 0.0924. The van der Waals surface area contributed by atoms with Crippen LogP contribution in [0.15, 0.2) is 18.3 Å². The van der Waals surface area contributed by atoms with E-state index in [0.29, 0.717) is 12.3 Å². The summed E-state index contributed by atoms with van der Waals surface area (Å²) in [5.74, 6) is 0.565. The maximum Gasteiger partial charge on any atom is 0.224 e. The van der Waals surface area contributed by atoms with E-state index in [1.54, 1.807) is 6.20 Å². The van der Waals surface area contributed by atoms with E-state index in [9.17, 15) is 4.79 Å². The third kappa shape index (κ3) is 3.53. The standard InChI is InChI=1S/C13H19N3O/c1-10-12(5-3-7-15-10)16-13(17)8-11-4-2-6-14-9-11/h3,5,7,11,14H,2,4,6,8-9H2,1H3,(H,16,17). The molecule has 0 saturated carbocycles. The third-order valence-electron chi connectivity index (χ3n) is 3.15. The number of aromatic nitrogens is 1. The van der Waals surface area contributed by atoms with Gasteiger partial charge in [0.25, 0.3) is 0 Å². The van der Waals surface area contributed by atoms with E-state index in [0.717, 1.165) is 30.9 Å². The summed E-state index contributed by atoms with van der Waals surface area (Å²) in [4.78, 5) is 16.0. The van der Waals surface area contributed by atoms with Gasteiger partial charge in [-0.3, -0.25) is 9.78 Å². The average molecular weight is 233 g/mol. The van der Waals surface area contributed by atoms with Crippen LogP contribution in [-0.4, -0.2) is 24.0 Å². The number of nitrogens with zero attached hydrogens (tertiary/aromatic N) is 1. The predicted molar refractivity (Wildman–Crippen MR) is 67.8 cm³/mol. The molecular formula is C13H19N3O. The lowest BCUT2D eigenvalue weighted by molar-refractivity contribution is -0.117. The molecule has 1 saturated heterocycles. The molecule has 1 aliphatic rings. The Kier molecular flexibility index (Phi) is 4.09. The van der Waals surface area contributed by atoms with Crippen molar-refractivity contribution in [3.05, 3.63) is 24.0 Å². The molecule has 0 aromatic carbocycles. The fourth-order valence-corrected chi connectivity index (χ4v) is 2.18. The van der Waals surface area contributed by atoms with Gasteiger partial charge in [0.1, 0.15) is 0 Å². The SMILES string of the molecule is Cc1ncccc1NC(=O)CC1CCCNC1. The number of hydrogen-bond acceptors (Lipinski definition) is 3. The van der Waals surface area contributed by atoms with Crippen molar-refractivity contribution in [2.24, 2.45) is 5.92 Å². The topological polar surface area (TPSA) is 54.0 Å². The molecule has 17 heavy (non-hydrogen) atoms. The molecule has 1 aliphatic heterocycles. The Morgan fingerprint density at radius 1 is 1.65 bits per heavy atom. The highest BCUT2D eigenvalue weighted by molar-refractivity contribution is 5.91. The summed E-state index contributed by atoms with van der Waals surface area (Å²) in [7, 11) is 0. The molecule has 2 N–H and O–H groups in total. The van der Waals surface area contributed by atoms with Gasteiger partial charge in [-0.25, -0.2) is 0 Å². The fraction of sp³-hybridized carbons (Fsp3) is 0.538. The second-order valence-corrected chi connectivity index (χ2v) is 4.60. The summed E-state index contributed by atoms with van der Waals surface area (Å²) in [6.07, 6.45) is 4.65. The van der Waals surface area contributed by atoms with Gasteiger partial charge in [-0.2, -0.15) is 0 Å². The molecule has 2 heterocycles. The van der Waals surface area contributed by atoms with Crippen molar-refractivity contribution in [3.8, 4) is 0 Å². The zero-order chi connectivity index (χ0) is 12.1. The molecule has 1 fully saturated rings. The predicted octanol–water partition coefficient (Wildman–Crippen LogP) is 1.72. The van der Waals surface area contributed by atoms with Gasteiger partial charge in [0.05, 0.1) is 11.4 Å². The van der Waals surface area contributed by atoms with Crippen molar-refractivity contribution in [2.45, 2.75) is 26.2 Å². The molecule has 4 nitrogen and oxygen atoms in total. The molecule has 92 valence electrons. The second-order valence-electron chi connectivity index (χ2n) is 4.60. The van der Waals surface area contributed by atoms with Gasteiger partial charge >= 0.3 is 0 Å². The number of rotatable bonds is 3. The summed E-state index contributed by atoms with van der Waals surface area (Å²) in [6.45, 7) is 3.94. The molecule has 1 atom stereocenters. The average Bonchev–Trinajstić information content (AvgIpc) is 2.33. The first-order valence-corrected chi connectivity index (χ1v) is 6.18. The Morgan fingerprint density at radius 2 is 2.53 bits per heavy atom. The Bertz CT molecular complexity index is 386. The van der Waals surface area contributed by atoms with Crippen LogP contribution in [0, 0.1) is 12.8 Å². The largest absolute Gasteiger partial charge is 0.324 e. The number of aryl methyl sites for hydroxylation is 1. The van der Waals surface area contributed by atoms with Gasteiger partial charge in [-0.05, 0) is 50.9 Å². The molecule has 4 heteroatoms. The Balaban J connectivity index is 1.86. The molecule has 1 aromatic heterocycles. The molecule has 2 rings (SSSR count). The molecule has 0 bridgehead atoms. The van der Waals surface area contributed by atoms with Crippen molar-refractivity contribution in [1.29, 1.82) is 0 Å². The van der Waals surface area contributed by atoms with Crippen molar-refractivity contribution in [2.75, 3.05) is 18.4 Å². The van der Waals surface area contributed by atoms with E-state index in [2.05, 4.69) is 15.6 Å². The van der Waals surface area contributed by atoms with Gasteiger partial charge in [0.2, 0.25) is 5.91 Å². The third-order valence-corrected chi connectivity index (χ3v) is 3.15. The molecular weight excluding hydrogens is 214 g/mol. The van der Waals surface area contributed by atoms with E-state index >= 15 is 0 Å². The van der Waals surface area contributed by atoms with Crippen LogP contribution in [0.25, 0.3) is 0 Å². The minimum Gasteiger partial charge on any atom is -0.324 e. The van der Waals surface area contributed by atoms with Crippen molar-refractivity contribution >= 4 is 11.6 Å². The Morgan fingerprint density at radius 3 is 3.24 bits per heavy atom. The zero-order valence-electron chi connectivity index (χ0n) is 10.2. The van der Waals surface area contributed by atoms with Crippen molar-refractivity contribution < 1.29 is 4.79 Å². The van der Waals surface area contributed by atoms with E-state index in [1.807, 2.05) is 19.1 Å². The quantitative estimate of drug-likeness (QED) is 0.835. The smallest absolute Gasteiger partial charge is 0.224 e. The van der Waals surface area contributed by atoms with Crippen LogP contribution in [-0.2, 0) is 4.79 Å². The van der Waals surface area contributed by atoms with Gasteiger partial charge in [0, 0.05) is 12.6 Å². The highest BCUT2D eigenvalue weighted by Crippen LogP contribution is 2.16. The maximum absolute atomic E-state index is 11.9. The number of nitrogens with one attached hydrogen (secondary N) is 2. The number of carbonyl (C=O) groups excluding carboxylic acids is 1. The molecule has 1 aromatic rings. The summed E-state index contributed by atoms with van der Waals surface area (Å²) in [5.41, 5.74) is 1.68. The van der Waals surface area contributed by atoms with Crippen LogP contribution < -0.4 is 10.6 Å².